The van der Waals surface area contributed by atoms with Gasteiger partial charge in [-0.05, 0) is 90.3 Å². The summed E-state index contributed by atoms with van der Waals surface area (Å²) >= 11 is 1.31. The lowest BCUT2D eigenvalue weighted by Gasteiger charge is -2.07. The smallest absolute Gasteiger partial charge is 0.335 e. The van der Waals surface area contributed by atoms with Gasteiger partial charge in [0.2, 0.25) is 0 Å². The number of nitrogens with one attached hydrogen (secondary N) is 1. The summed E-state index contributed by atoms with van der Waals surface area (Å²) in [6.07, 6.45) is 1.81. The van der Waals surface area contributed by atoms with E-state index >= 15 is 0 Å². The number of carbonyl (C=O) groups excluding carboxylic acids is 1. The van der Waals surface area contributed by atoms with Gasteiger partial charge in [-0.2, -0.15) is 0 Å². The van der Waals surface area contributed by atoms with Crippen LogP contribution in [0, 0.1) is 13.8 Å². The number of rotatable bonds is 6. The number of amidine groups is 1. The Hall–Kier alpha value is -3.84. The van der Waals surface area contributed by atoms with E-state index in [1.165, 1.54) is 17.3 Å². The van der Waals surface area contributed by atoms with E-state index in [1.807, 2.05) is 68.5 Å². The van der Waals surface area contributed by atoms with Crippen molar-refractivity contribution in [3.63, 3.8) is 0 Å². The molecule has 0 aromatic heterocycles. The van der Waals surface area contributed by atoms with Crippen molar-refractivity contribution in [2.45, 2.75) is 20.5 Å². The highest BCUT2D eigenvalue weighted by atomic mass is 32.2. The Bertz CT molecular complexity index is 1280. The Kier molecular flexibility index (Phi) is 6.60. The number of ether oxygens (including phenoxy) is 1. The first-order chi connectivity index (χ1) is 15.9. The number of thioether (sulfide) groups is 1. The number of hydrogen-bond acceptors (Lipinski definition) is 5. The standard InChI is InChI=1S/C26H22N2O4S/c1-16-6-9-21(12-17(16)2)27-26-28-24(29)23(33-26)14-18-7-10-22(11-8-18)32-15-19-4-3-5-20(13-19)25(30)31/h3-14H,15H2,1-2H3,(H,30,31)(H,27,28,29)/b23-14+. The van der Waals surface area contributed by atoms with Crippen LogP contribution in [-0.2, 0) is 11.4 Å². The summed E-state index contributed by atoms with van der Waals surface area (Å²) in [5.41, 5.74) is 5.02. The summed E-state index contributed by atoms with van der Waals surface area (Å²) in [5.74, 6) is -0.495. The molecule has 6 nitrogen and oxygen atoms in total. The van der Waals surface area contributed by atoms with E-state index in [4.69, 9.17) is 9.84 Å². The van der Waals surface area contributed by atoms with E-state index in [9.17, 15) is 9.59 Å². The fraction of sp³-hybridized carbons (Fsp3) is 0.115. The third-order valence-electron chi connectivity index (χ3n) is 5.13. The molecule has 0 bridgehead atoms. The van der Waals surface area contributed by atoms with Gasteiger partial charge in [0.1, 0.15) is 12.4 Å². The predicted molar refractivity (Wildman–Crippen MR) is 131 cm³/mol. The van der Waals surface area contributed by atoms with Crippen molar-refractivity contribution in [1.82, 2.24) is 5.32 Å². The molecular formula is C26H22N2O4S. The van der Waals surface area contributed by atoms with Gasteiger partial charge >= 0.3 is 5.97 Å². The van der Waals surface area contributed by atoms with Crippen LogP contribution in [-0.4, -0.2) is 22.2 Å². The van der Waals surface area contributed by atoms with Crippen molar-refractivity contribution < 1.29 is 19.4 Å². The molecule has 1 aliphatic rings. The van der Waals surface area contributed by atoms with Crippen LogP contribution in [0.4, 0.5) is 5.69 Å². The number of carboxylic acids is 1. The van der Waals surface area contributed by atoms with E-state index < -0.39 is 5.97 Å². The fourth-order valence-electron chi connectivity index (χ4n) is 3.17. The number of carboxylic acid groups (broad SMARTS) is 1. The second-order valence-electron chi connectivity index (χ2n) is 7.61. The van der Waals surface area contributed by atoms with Gasteiger partial charge in [0, 0.05) is 0 Å². The molecule has 7 heteroatoms. The number of aliphatic imine (C=N–C) groups is 1. The molecule has 1 heterocycles. The van der Waals surface area contributed by atoms with Crippen LogP contribution in [0.25, 0.3) is 6.08 Å². The maximum Gasteiger partial charge on any atom is 0.335 e. The number of nitrogens with zero attached hydrogens (tertiary/aromatic N) is 1. The summed E-state index contributed by atoms with van der Waals surface area (Å²) in [6.45, 7) is 4.34. The summed E-state index contributed by atoms with van der Waals surface area (Å²) < 4.78 is 5.76. The molecule has 2 N–H and O–H groups in total. The molecule has 0 saturated carbocycles. The van der Waals surface area contributed by atoms with Gasteiger partial charge in [0.25, 0.3) is 5.91 Å². The normalized spacial score (nSPS) is 15.6. The highest BCUT2D eigenvalue weighted by Gasteiger charge is 2.23. The zero-order valence-electron chi connectivity index (χ0n) is 18.2. The van der Waals surface area contributed by atoms with Crippen molar-refractivity contribution in [3.8, 4) is 5.75 Å². The molecule has 3 aromatic rings. The molecular weight excluding hydrogens is 436 g/mol. The molecule has 0 spiro atoms. The largest absolute Gasteiger partial charge is 0.489 e. The Labute approximate surface area is 196 Å². The number of aromatic carboxylic acids is 1. The Morgan fingerprint density at radius 3 is 2.58 bits per heavy atom. The molecule has 1 saturated heterocycles. The van der Waals surface area contributed by atoms with E-state index in [-0.39, 0.29) is 18.1 Å². The zero-order chi connectivity index (χ0) is 23.4. The van der Waals surface area contributed by atoms with Crippen LogP contribution in [0.1, 0.15) is 32.6 Å². The topological polar surface area (TPSA) is 88.0 Å². The quantitative estimate of drug-likeness (QED) is 0.478. The van der Waals surface area contributed by atoms with Crippen LogP contribution in [0.3, 0.4) is 0 Å². The Morgan fingerprint density at radius 1 is 1.06 bits per heavy atom. The molecule has 0 unspecified atom stereocenters. The minimum absolute atomic E-state index is 0.179. The predicted octanol–water partition coefficient (Wildman–Crippen LogP) is 5.47. The van der Waals surface area contributed by atoms with Gasteiger partial charge in [-0.25, -0.2) is 9.79 Å². The third-order valence-corrected chi connectivity index (χ3v) is 6.04. The van der Waals surface area contributed by atoms with Crippen molar-refractivity contribution >= 4 is 40.6 Å². The van der Waals surface area contributed by atoms with E-state index in [0.717, 1.165) is 22.4 Å². The second kappa shape index (κ2) is 9.75. The number of hydrogen-bond donors (Lipinski definition) is 2. The Morgan fingerprint density at radius 2 is 1.85 bits per heavy atom. The summed E-state index contributed by atoms with van der Waals surface area (Å²) in [7, 11) is 0. The first kappa shape index (κ1) is 22.4. The zero-order valence-corrected chi connectivity index (χ0v) is 19.0. The van der Waals surface area contributed by atoms with E-state index in [1.54, 1.807) is 18.2 Å². The molecule has 0 radical (unpaired) electrons. The van der Waals surface area contributed by atoms with Crippen molar-refractivity contribution in [3.05, 3.63) is 99.5 Å². The highest BCUT2D eigenvalue weighted by Crippen LogP contribution is 2.29. The van der Waals surface area contributed by atoms with Gasteiger partial charge in [-0.1, -0.05) is 30.3 Å². The molecule has 0 aliphatic carbocycles. The molecule has 3 aromatic carbocycles. The minimum Gasteiger partial charge on any atom is -0.489 e. The number of benzene rings is 3. The molecule has 1 fully saturated rings. The maximum absolute atomic E-state index is 12.4. The monoisotopic (exact) mass is 458 g/mol. The SMILES string of the molecule is Cc1ccc(N=C2NC(=O)/C(=C\c3ccc(OCc4cccc(C(=O)O)c4)cc3)S2)cc1C. The van der Waals surface area contributed by atoms with Crippen LogP contribution in [0.5, 0.6) is 5.75 Å². The van der Waals surface area contributed by atoms with Gasteiger partial charge < -0.3 is 15.2 Å². The maximum atomic E-state index is 12.4. The molecule has 166 valence electrons. The minimum atomic E-state index is -0.967. The van der Waals surface area contributed by atoms with Crippen molar-refractivity contribution in [2.24, 2.45) is 4.99 Å². The molecule has 1 amide bonds. The highest BCUT2D eigenvalue weighted by molar-refractivity contribution is 8.18. The van der Waals surface area contributed by atoms with Crippen LogP contribution < -0.4 is 10.1 Å². The van der Waals surface area contributed by atoms with Gasteiger partial charge in [0.15, 0.2) is 5.17 Å². The molecule has 1 aliphatic heterocycles. The van der Waals surface area contributed by atoms with E-state index in [2.05, 4.69) is 10.3 Å². The summed E-state index contributed by atoms with van der Waals surface area (Å²) in [6, 6.07) is 19.9. The van der Waals surface area contributed by atoms with Gasteiger partial charge in [0.05, 0.1) is 16.2 Å². The van der Waals surface area contributed by atoms with Crippen LogP contribution in [0.15, 0.2) is 76.6 Å². The molecule has 0 atom stereocenters. The lowest BCUT2D eigenvalue weighted by Crippen LogP contribution is -2.19. The molecule has 4 rings (SSSR count). The second-order valence-corrected chi connectivity index (χ2v) is 8.64. The number of aryl methyl sites for hydroxylation is 2. The van der Waals surface area contributed by atoms with Crippen molar-refractivity contribution in [2.75, 3.05) is 0 Å². The lowest BCUT2D eigenvalue weighted by atomic mass is 10.1. The third kappa shape index (κ3) is 5.70. The van der Waals surface area contributed by atoms with Crippen LogP contribution in [0.2, 0.25) is 0 Å². The summed E-state index contributed by atoms with van der Waals surface area (Å²) in [4.78, 5) is 28.5. The first-order valence-corrected chi connectivity index (χ1v) is 11.1. The number of carbonyl (C=O) groups is 2. The summed E-state index contributed by atoms with van der Waals surface area (Å²) in [5, 5.41) is 12.5. The van der Waals surface area contributed by atoms with Crippen LogP contribution >= 0.6 is 11.8 Å². The fourth-order valence-corrected chi connectivity index (χ4v) is 4.01. The number of amides is 1. The molecule has 33 heavy (non-hydrogen) atoms. The first-order valence-electron chi connectivity index (χ1n) is 10.3. The van der Waals surface area contributed by atoms with Crippen molar-refractivity contribution in [1.29, 1.82) is 0 Å². The van der Waals surface area contributed by atoms with Gasteiger partial charge in [-0.3, -0.25) is 4.79 Å². The average Bonchev–Trinajstić information content (AvgIpc) is 3.14. The Balaban J connectivity index is 1.40. The van der Waals surface area contributed by atoms with Gasteiger partial charge in [-0.15, -0.1) is 0 Å². The van der Waals surface area contributed by atoms with E-state index in [0.29, 0.717) is 15.8 Å². The average molecular weight is 459 g/mol. The lowest BCUT2D eigenvalue weighted by molar-refractivity contribution is -0.115.